The number of ether oxygens (including phenoxy) is 1. The molecule has 1 N–H and O–H groups in total. The van der Waals surface area contributed by atoms with Crippen molar-refractivity contribution in [1.29, 1.82) is 0 Å². The normalized spacial score (nSPS) is 11.3. The molecule has 1 rings (SSSR count). The highest BCUT2D eigenvalue weighted by atomic mass is 35.5. The van der Waals surface area contributed by atoms with Crippen molar-refractivity contribution in [3.05, 3.63) is 33.8 Å². The van der Waals surface area contributed by atoms with E-state index in [0.717, 1.165) is 5.69 Å². The van der Waals surface area contributed by atoms with Crippen LogP contribution >= 0.6 is 34.8 Å². The van der Waals surface area contributed by atoms with E-state index in [1.54, 1.807) is 19.2 Å². The number of rotatable bonds is 4. The van der Waals surface area contributed by atoms with Crippen molar-refractivity contribution >= 4 is 40.5 Å². The van der Waals surface area contributed by atoms with Crippen LogP contribution in [-0.2, 0) is 0 Å². The largest absolute Gasteiger partial charge is 0.495 e. The predicted molar refractivity (Wildman–Crippen MR) is 66.3 cm³/mol. The topological polar surface area (TPSA) is 21.3 Å². The van der Waals surface area contributed by atoms with Gasteiger partial charge >= 0.3 is 0 Å². The van der Waals surface area contributed by atoms with Gasteiger partial charge in [0.1, 0.15) is 5.75 Å². The Balaban J connectivity index is 2.67. The predicted octanol–water partition coefficient (Wildman–Crippen LogP) is 4.08. The molecule has 0 aliphatic rings. The van der Waals surface area contributed by atoms with Crippen LogP contribution < -0.4 is 10.1 Å². The smallest absolute Gasteiger partial charge is 0.137 e. The van der Waals surface area contributed by atoms with Crippen molar-refractivity contribution in [1.82, 2.24) is 0 Å². The molecule has 0 unspecified atom stereocenters. The van der Waals surface area contributed by atoms with Crippen LogP contribution in [0.1, 0.15) is 0 Å². The molecule has 82 valence electrons. The fourth-order valence-corrected chi connectivity index (χ4v) is 1.40. The minimum Gasteiger partial charge on any atom is -0.495 e. The Morgan fingerprint density at radius 3 is 2.80 bits per heavy atom. The molecule has 0 saturated heterocycles. The Bertz CT molecular complexity index is 366. The van der Waals surface area contributed by atoms with Gasteiger partial charge in [-0.05, 0) is 18.2 Å². The molecule has 0 bridgehead atoms. The number of methoxy groups -OCH3 is 1. The number of hydrogen-bond donors (Lipinski definition) is 1. The summed E-state index contributed by atoms with van der Waals surface area (Å²) in [7, 11) is 1.57. The summed E-state index contributed by atoms with van der Waals surface area (Å²) in [5, 5.41) is 4.14. The van der Waals surface area contributed by atoms with Crippen LogP contribution in [0.5, 0.6) is 5.75 Å². The summed E-state index contributed by atoms with van der Waals surface area (Å²) in [5.74, 6) is 0.640. The van der Waals surface area contributed by atoms with Gasteiger partial charge in [0.2, 0.25) is 0 Å². The van der Waals surface area contributed by atoms with Crippen LogP contribution in [0.3, 0.4) is 0 Å². The van der Waals surface area contributed by atoms with Gasteiger partial charge in [-0.25, -0.2) is 0 Å². The number of hydrogen-bond acceptors (Lipinski definition) is 2. The quantitative estimate of drug-likeness (QED) is 0.886. The van der Waals surface area contributed by atoms with Crippen LogP contribution in [0.15, 0.2) is 28.8 Å². The van der Waals surface area contributed by atoms with Gasteiger partial charge in [0.25, 0.3) is 0 Å². The second-order valence-electron chi connectivity index (χ2n) is 2.76. The molecule has 0 radical (unpaired) electrons. The van der Waals surface area contributed by atoms with Gasteiger partial charge in [-0.3, -0.25) is 0 Å². The highest BCUT2D eigenvalue weighted by Gasteiger charge is 2.01. The fraction of sp³-hybridized carbons (Fsp3) is 0.200. The van der Waals surface area contributed by atoms with Gasteiger partial charge in [0, 0.05) is 16.3 Å². The Morgan fingerprint density at radius 1 is 1.53 bits per heavy atom. The minimum atomic E-state index is 0.466. The van der Waals surface area contributed by atoms with Crippen LogP contribution in [0, 0.1) is 0 Å². The maximum atomic E-state index is 5.94. The Kier molecular flexibility index (Phi) is 5.09. The summed E-state index contributed by atoms with van der Waals surface area (Å²) in [6.07, 6.45) is 0. The lowest BCUT2D eigenvalue weighted by Gasteiger charge is -2.08. The summed E-state index contributed by atoms with van der Waals surface area (Å²) >= 11 is 17.1. The van der Waals surface area contributed by atoms with E-state index in [1.165, 1.54) is 5.54 Å². The van der Waals surface area contributed by atoms with E-state index in [0.29, 0.717) is 22.3 Å². The lowest BCUT2D eigenvalue weighted by atomic mass is 10.3. The van der Waals surface area contributed by atoms with Crippen LogP contribution in [0.4, 0.5) is 5.69 Å². The van der Waals surface area contributed by atoms with Gasteiger partial charge in [0.15, 0.2) is 0 Å². The van der Waals surface area contributed by atoms with Crippen LogP contribution in [-0.4, -0.2) is 13.7 Å². The summed E-state index contributed by atoms with van der Waals surface area (Å²) < 4.78 is 5.03. The number of benzene rings is 1. The molecular weight excluding hydrogens is 256 g/mol. The average Bonchev–Trinajstić information content (AvgIpc) is 2.26. The zero-order valence-corrected chi connectivity index (χ0v) is 10.3. The van der Waals surface area contributed by atoms with Gasteiger partial charge < -0.3 is 10.1 Å². The SMILES string of the molecule is COc1ccc(NCC(Cl)=CCl)cc1Cl. The number of halogens is 3. The van der Waals surface area contributed by atoms with Crippen molar-refractivity contribution in [2.45, 2.75) is 0 Å². The maximum absolute atomic E-state index is 5.94. The van der Waals surface area contributed by atoms with E-state index < -0.39 is 0 Å². The second-order valence-corrected chi connectivity index (χ2v) is 3.87. The van der Waals surface area contributed by atoms with Gasteiger partial charge in [0.05, 0.1) is 18.7 Å². The lowest BCUT2D eigenvalue weighted by molar-refractivity contribution is 0.415. The third-order valence-corrected chi connectivity index (χ3v) is 2.64. The minimum absolute atomic E-state index is 0.466. The van der Waals surface area contributed by atoms with Gasteiger partial charge in [-0.2, -0.15) is 0 Å². The van der Waals surface area contributed by atoms with Crippen molar-refractivity contribution in [2.24, 2.45) is 0 Å². The molecule has 0 fully saturated rings. The number of anilines is 1. The Labute approximate surface area is 104 Å². The van der Waals surface area contributed by atoms with Crippen molar-refractivity contribution in [3.63, 3.8) is 0 Å². The van der Waals surface area contributed by atoms with Crippen molar-refractivity contribution in [2.75, 3.05) is 19.0 Å². The van der Waals surface area contributed by atoms with Crippen molar-refractivity contribution in [3.8, 4) is 5.75 Å². The molecule has 0 spiro atoms. The van der Waals surface area contributed by atoms with E-state index in [-0.39, 0.29) is 0 Å². The molecule has 2 nitrogen and oxygen atoms in total. The maximum Gasteiger partial charge on any atom is 0.137 e. The zero-order valence-electron chi connectivity index (χ0n) is 8.06. The highest BCUT2D eigenvalue weighted by molar-refractivity contribution is 6.36. The molecule has 0 atom stereocenters. The fourth-order valence-electron chi connectivity index (χ4n) is 1.00. The first-order valence-electron chi connectivity index (χ1n) is 4.19. The third kappa shape index (κ3) is 3.82. The molecule has 0 saturated carbocycles. The van der Waals surface area contributed by atoms with E-state index in [4.69, 9.17) is 39.5 Å². The van der Waals surface area contributed by atoms with Crippen LogP contribution in [0.25, 0.3) is 0 Å². The highest BCUT2D eigenvalue weighted by Crippen LogP contribution is 2.27. The lowest BCUT2D eigenvalue weighted by Crippen LogP contribution is -2.01. The Hall–Kier alpha value is -0.570. The molecule has 1 aromatic carbocycles. The van der Waals surface area contributed by atoms with Crippen LogP contribution in [0.2, 0.25) is 5.02 Å². The van der Waals surface area contributed by atoms with E-state index in [1.807, 2.05) is 6.07 Å². The average molecular weight is 267 g/mol. The second kappa shape index (κ2) is 6.11. The monoisotopic (exact) mass is 265 g/mol. The molecule has 15 heavy (non-hydrogen) atoms. The molecule has 0 aliphatic heterocycles. The van der Waals surface area contributed by atoms with E-state index in [9.17, 15) is 0 Å². The Morgan fingerprint density at radius 2 is 2.27 bits per heavy atom. The summed E-state index contributed by atoms with van der Waals surface area (Å²) in [6, 6.07) is 5.39. The van der Waals surface area contributed by atoms with E-state index in [2.05, 4.69) is 5.32 Å². The molecule has 0 aliphatic carbocycles. The van der Waals surface area contributed by atoms with Crippen molar-refractivity contribution < 1.29 is 4.74 Å². The standard InChI is InChI=1S/C10H10Cl3NO/c1-15-10-3-2-8(4-9(10)13)14-6-7(12)5-11/h2-5,14H,6H2,1H3. The molecule has 1 aromatic rings. The molecular formula is C10H10Cl3NO. The number of nitrogens with one attached hydrogen (secondary N) is 1. The molecule has 0 heterocycles. The first-order chi connectivity index (χ1) is 7.17. The van der Waals surface area contributed by atoms with Gasteiger partial charge in [-0.1, -0.05) is 34.8 Å². The van der Waals surface area contributed by atoms with Gasteiger partial charge in [-0.15, -0.1) is 0 Å². The molecule has 0 amide bonds. The third-order valence-electron chi connectivity index (χ3n) is 1.73. The van der Waals surface area contributed by atoms with E-state index >= 15 is 0 Å². The summed E-state index contributed by atoms with van der Waals surface area (Å²) in [4.78, 5) is 0. The molecule has 0 aromatic heterocycles. The first-order valence-corrected chi connectivity index (χ1v) is 5.38. The summed E-state index contributed by atoms with van der Waals surface area (Å²) in [5.41, 5.74) is 2.18. The summed E-state index contributed by atoms with van der Waals surface area (Å²) in [6.45, 7) is 0.466. The zero-order chi connectivity index (χ0) is 11.3. The first kappa shape index (κ1) is 12.5. The molecule has 5 heteroatoms.